The second-order valence-electron chi connectivity index (χ2n) is 4.43. The van der Waals surface area contributed by atoms with Crippen molar-refractivity contribution >= 4 is 17.7 Å². The van der Waals surface area contributed by atoms with Crippen molar-refractivity contribution in [1.29, 1.82) is 0 Å². The second kappa shape index (κ2) is 8.81. The van der Waals surface area contributed by atoms with E-state index in [1.807, 2.05) is 6.26 Å². The van der Waals surface area contributed by atoms with Gasteiger partial charge in [-0.15, -0.1) is 0 Å². The SMILES string of the molecule is CSCC[C@@H](N)C(=O)N(C)CCOc1ccccc1F. The summed E-state index contributed by atoms with van der Waals surface area (Å²) in [5.41, 5.74) is 5.81. The van der Waals surface area contributed by atoms with Gasteiger partial charge in [0.05, 0.1) is 12.6 Å². The molecule has 0 bridgehead atoms. The number of hydrogen-bond donors (Lipinski definition) is 1. The molecule has 1 aromatic rings. The van der Waals surface area contributed by atoms with E-state index in [0.29, 0.717) is 13.0 Å². The molecule has 0 aliphatic heterocycles. The molecule has 0 spiro atoms. The number of ether oxygens (including phenoxy) is 1. The van der Waals surface area contributed by atoms with Gasteiger partial charge in [-0.05, 0) is 30.6 Å². The number of carbonyl (C=O) groups excluding carboxylic acids is 1. The molecule has 20 heavy (non-hydrogen) atoms. The molecule has 0 aliphatic carbocycles. The Kier molecular flexibility index (Phi) is 7.40. The summed E-state index contributed by atoms with van der Waals surface area (Å²) in [6.45, 7) is 0.610. The van der Waals surface area contributed by atoms with E-state index < -0.39 is 11.9 Å². The smallest absolute Gasteiger partial charge is 0.239 e. The lowest BCUT2D eigenvalue weighted by molar-refractivity contribution is -0.131. The van der Waals surface area contributed by atoms with Gasteiger partial charge in [-0.1, -0.05) is 12.1 Å². The predicted molar refractivity (Wildman–Crippen MR) is 80.5 cm³/mol. The Hall–Kier alpha value is -1.27. The molecule has 1 rings (SSSR count). The molecule has 0 aromatic heterocycles. The van der Waals surface area contributed by atoms with Crippen molar-refractivity contribution in [3.63, 3.8) is 0 Å². The maximum Gasteiger partial charge on any atom is 0.239 e. The first-order valence-corrected chi connectivity index (χ1v) is 7.82. The summed E-state index contributed by atoms with van der Waals surface area (Å²) in [6.07, 6.45) is 2.63. The van der Waals surface area contributed by atoms with Gasteiger partial charge >= 0.3 is 0 Å². The zero-order valence-electron chi connectivity index (χ0n) is 11.8. The predicted octanol–water partition coefficient (Wildman–Crippen LogP) is 1.74. The van der Waals surface area contributed by atoms with Crippen molar-refractivity contribution < 1.29 is 13.9 Å². The van der Waals surface area contributed by atoms with E-state index in [-0.39, 0.29) is 18.3 Å². The Morgan fingerprint density at radius 1 is 1.50 bits per heavy atom. The molecule has 1 atom stereocenters. The molecule has 0 unspecified atom stereocenters. The van der Waals surface area contributed by atoms with Crippen molar-refractivity contribution in [2.45, 2.75) is 12.5 Å². The number of nitrogens with zero attached hydrogens (tertiary/aromatic N) is 1. The Morgan fingerprint density at radius 2 is 2.20 bits per heavy atom. The quantitative estimate of drug-likeness (QED) is 0.794. The minimum Gasteiger partial charge on any atom is -0.489 e. The van der Waals surface area contributed by atoms with Crippen molar-refractivity contribution in [3.05, 3.63) is 30.1 Å². The van der Waals surface area contributed by atoms with E-state index >= 15 is 0 Å². The lowest BCUT2D eigenvalue weighted by Gasteiger charge is -2.21. The molecule has 0 fully saturated rings. The van der Waals surface area contributed by atoms with Gasteiger partial charge in [0.15, 0.2) is 11.6 Å². The third-order valence-corrected chi connectivity index (χ3v) is 3.49. The van der Waals surface area contributed by atoms with Crippen LogP contribution in [0, 0.1) is 5.82 Å². The summed E-state index contributed by atoms with van der Waals surface area (Å²) in [4.78, 5) is 13.4. The molecule has 1 amide bonds. The molecule has 0 saturated carbocycles. The van der Waals surface area contributed by atoms with Crippen LogP contribution in [-0.2, 0) is 4.79 Å². The number of likely N-dealkylation sites (N-methyl/N-ethyl adjacent to an activating group) is 1. The van der Waals surface area contributed by atoms with Gasteiger partial charge in [0.1, 0.15) is 6.61 Å². The van der Waals surface area contributed by atoms with E-state index in [0.717, 1.165) is 5.75 Å². The number of halogens is 1. The molecular formula is C14H21FN2O2S. The Balaban J connectivity index is 2.34. The lowest BCUT2D eigenvalue weighted by Crippen LogP contribution is -2.43. The maximum atomic E-state index is 13.3. The summed E-state index contributed by atoms with van der Waals surface area (Å²) in [7, 11) is 1.67. The first-order chi connectivity index (χ1) is 9.56. The van der Waals surface area contributed by atoms with Crippen LogP contribution in [0.4, 0.5) is 4.39 Å². The minimum absolute atomic E-state index is 0.115. The van der Waals surface area contributed by atoms with Gasteiger partial charge in [-0.25, -0.2) is 4.39 Å². The third-order valence-electron chi connectivity index (χ3n) is 2.85. The zero-order chi connectivity index (χ0) is 15.0. The summed E-state index contributed by atoms with van der Waals surface area (Å²) < 4.78 is 18.6. The van der Waals surface area contributed by atoms with E-state index in [1.54, 1.807) is 37.0 Å². The van der Waals surface area contributed by atoms with Crippen LogP contribution < -0.4 is 10.5 Å². The van der Waals surface area contributed by atoms with Crippen molar-refractivity contribution in [2.24, 2.45) is 5.73 Å². The normalized spacial score (nSPS) is 12.0. The molecule has 0 aliphatic rings. The molecule has 6 heteroatoms. The summed E-state index contributed by atoms with van der Waals surface area (Å²) in [5.74, 6) is 0.529. The number of benzene rings is 1. The lowest BCUT2D eigenvalue weighted by atomic mass is 10.2. The Morgan fingerprint density at radius 3 is 2.85 bits per heavy atom. The standard InChI is InChI=1S/C14H21FN2O2S/c1-17(14(18)12(16)7-10-20-2)8-9-19-13-6-4-3-5-11(13)15/h3-6,12H,7-10,16H2,1-2H3/t12-/m1/s1. The summed E-state index contributed by atoms with van der Waals surface area (Å²) in [5, 5.41) is 0. The number of carbonyl (C=O) groups is 1. The molecule has 4 nitrogen and oxygen atoms in total. The fourth-order valence-corrected chi connectivity index (χ4v) is 2.11. The zero-order valence-corrected chi connectivity index (χ0v) is 12.7. The second-order valence-corrected chi connectivity index (χ2v) is 5.41. The van der Waals surface area contributed by atoms with Crippen LogP contribution in [0.15, 0.2) is 24.3 Å². The third kappa shape index (κ3) is 5.38. The van der Waals surface area contributed by atoms with Crippen LogP contribution in [0.5, 0.6) is 5.75 Å². The molecule has 2 N–H and O–H groups in total. The van der Waals surface area contributed by atoms with E-state index in [2.05, 4.69) is 0 Å². The molecule has 0 saturated heterocycles. The fourth-order valence-electron chi connectivity index (χ4n) is 1.62. The van der Waals surface area contributed by atoms with Gasteiger partial charge in [0, 0.05) is 7.05 Å². The van der Waals surface area contributed by atoms with Gasteiger partial charge in [0.2, 0.25) is 5.91 Å². The highest BCUT2D eigenvalue weighted by molar-refractivity contribution is 7.98. The van der Waals surface area contributed by atoms with Gasteiger partial charge < -0.3 is 15.4 Å². The summed E-state index contributed by atoms with van der Waals surface area (Å²) >= 11 is 1.66. The number of para-hydroxylation sites is 1. The Labute approximate surface area is 123 Å². The molecule has 112 valence electrons. The summed E-state index contributed by atoms with van der Waals surface area (Å²) in [6, 6.07) is 5.71. The highest BCUT2D eigenvalue weighted by atomic mass is 32.2. The van der Waals surface area contributed by atoms with Gasteiger partial charge in [0.25, 0.3) is 0 Å². The van der Waals surface area contributed by atoms with Crippen LogP contribution in [0.3, 0.4) is 0 Å². The van der Waals surface area contributed by atoms with Crippen molar-refractivity contribution in [3.8, 4) is 5.75 Å². The fraction of sp³-hybridized carbons (Fsp3) is 0.500. The van der Waals surface area contributed by atoms with E-state index in [9.17, 15) is 9.18 Å². The molecule has 1 aromatic carbocycles. The highest BCUT2D eigenvalue weighted by Gasteiger charge is 2.17. The maximum absolute atomic E-state index is 13.3. The molecule has 0 heterocycles. The molecular weight excluding hydrogens is 279 g/mol. The van der Waals surface area contributed by atoms with Crippen LogP contribution in [0.25, 0.3) is 0 Å². The van der Waals surface area contributed by atoms with Crippen LogP contribution in [-0.4, -0.2) is 49.1 Å². The average Bonchev–Trinajstić information content (AvgIpc) is 2.45. The Bertz CT molecular complexity index is 431. The number of thioether (sulfide) groups is 1. The van der Waals surface area contributed by atoms with E-state index in [1.165, 1.54) is 11.0 Å². The van der Waals surface area contributed by atoms with Gasteiger partial charge in [-0.3, -0.25) is 4.79 Å². The van der Waals surface area contributed by atoms with Crippen molar-refractivity contribution in [1.82, 2.24) is 4.90 Å². The molecule has 0 radical (unpaired) electrons. The number of rotatable bonds is 8. The van der Waals surface area contributed by atoms with Crippen LogP contribution >= 0.6 is 11.8 Å². The number of hydrogen-bond acceptors (Lipinski definition) is 4. The monoisotopic (exact) mass is 300 g/mol. The highest BCUT2D eigenvalue weighted by Crippen LogP contribution is 2.15. The first kappa shape index (κ1) is 16.8. The average molecular weight is 300 g/mol. The topological polar surface area (TPSA) is 55.6 Å². The first-order valence-electron chi connectivity index (χ1n) is 6.43. The van der Waals surface area contributed by atoms with Crippen molar-refractivity contribution in [2.75, 3.05) is 32.2 Å². The van der Waals surface area contributed by atoms with E-state index in [4.69, 9.17) is 10.5 Å². The van der Waals surface area contributed by atoms with Crippen LogP contribution in [0.2, 0.25) is 0 Å². The minimum atomic E-state index is -0.485. The number of amides is 1. The van der Waals surface area contributed by atoms with Crippen LogP contribution in [0.1, 0.15) is 6.42 Å². The largest absolute Gasteiger partial charge is 0.489 e. The number of nitrogens with two attached hydrogens (primary N) is 1. The van der Waals surface area contributed by atoms with Gasteiger partial charge in [-0.2, -0.15) is 11.8 Å².